The smallest absolute Gasteiger partial charge is 0.121 e. The molecule has 0 unspecified atom stereocenters. The molecule has 238 valence electrons. The van der Waals surface area contributed by atoms with Gasteiger partial charge in [-0.15, -0.1) is 6.42 Å². The molecule has 0 saturated heterocycles. The molecule has 0 atom stereocenters. The van der Waals surface area contributed by atoms with E-state index in [4.69, 9.17) is 21.4 Å². The van der Waals surface area contributed by atoms with E-state index in [0.29, 0.717) is 0 Å². The van der Waals surface area contributed by atoms with E-state index in [1.54, 1.807) is 0 Å². The Morgan fingerprint density at radius 2 is 1.26 bits per heavy atom. The Balaban J connectivity index is 0.00000433. The summed E-state index contributed by atoms with van der Waals surface area (Å²) in [6.45, 7) is 4.51. The molecule has 0 aliphatic carbocycles. The third kappa shape index (κ3) is 7.60. The number of aliphatic imine (C=N–C) groups is 3. The summed E-state index contributed by atoms with van der Waals surface area (Å²) in [5.74, 6) is 3.92. The van der Waals surface area contributed by atoms with E-state index in [2.05, 4.69) is 84.5 Å². The molecule has 8 bridgehead atoms. The number of H-pyrrole nitrogens is 1. The molecule has 0 fully saturated rings. The van der Waals surface area contributed by atoms with Crippen LogP contribution in [0.4, 0.5) is 0 Å². The zero-order valence-electron chi connectivity index (χ0n) is 28.3. The molecule has 7 heteroatoms. The Morgan fingerprint density at radius 3 is 1.94 bits per heavy atom. The van der Waals surface area contributed by atoms with Crippen molar-refractivity contribution in [2.45, 2.75) is 90.9 Å². The Hall–Kier alpha value is -4.01. The van der Waals surface area contributed by atoms with Crippen molar-refractivity contribution in [3.63, 3.8) is 0 Å². The minimum absolute atomic E-state index is 0. The van der Waals surface area contributed by atoms with Crippen LogP contribution < -0.4 is 5.32 Å². The zero-order valence-corrected chi connectivity index (χ0v) is 31.3. The number of hydrogen-bond acceptors (Lipinski definition) is 5. The average Bonchev–Trinajstić information content (AvgIpc) is 3.90. The van der Waals surface area contributed by atoms with Crippen molar-refractivity contribution >= 4 is 28.3 Å². The van der Waals surface area contributed by atoms with E-state index in [1.165, 1.54) is 56.9 Å². The molecule has 1 aromatic heterocycles. The van der Waals surface area contributed by atoms with Gasteiger partial charge in [0.15, 0.2) is 0 Å². The van der Waals surface area contributed by atoms with Crippen LogP contribution in [0.5, 0.6) is 0 Å². The van der Waals surface area contributed by atoms with Crippen LogP contribution >= 0.6 is 0 Å². The van der Waals surface area contributed by atoms with Gasteiger partial charge in [0.2, 0.25) is 0 Å². The molecule has 0 aromatic carbocycles. The van der Waals surface area contributed by atoms with Gasteiger partial charge in [-0.2, -0.15) is 0 Å². The standard InChI is InChI=1S/C40H46N6.Zn/c1-5-8-10-12-14-16-29-33-20-18-31(42-33)28(7-3)32-19-21-34(43-32)30(17-15-13-11-9-6-2)36-23-25-38(45-36)39(37-24-22-35(29)44-37)40-41-26-27-46(40)4;/h3,18-27,41,44H,5-6,8-17H2,1-2,4H3;. The van der Waals surface area contributed by atoms with E-state index >= 15 is 0 Å². The molecule has 6 rings (SSSR count). The molecule has 1 aromatic rings. The molecule has 0 spiro atoms. The summed E-state index contributed by atoms with van der Waals surface area (Å²) in [5.41, 5.74) is 11.6. The van der Waals surface area contributed by atoms with Crippen LogP contribution in [0.2, 0.25) is 0 Å². The number of aromatic nitrogens is 1. The SMILES string of the molecule is C#CC1=C2C=CC(=N2)C(CCCCCCC)=C2C=CC(=N2)C(=C2NC=CN2C)c2ccc([nH]2)C(CCCCCCC)=C2C=CC1=N2.[Zn]. The number of hydrogen-bond donors (Lipinski definition) is 2. The van der Waals surface area contributed by atoms with Gasteiger partial charge in [0.1, 0.15) is 5.82 Å². The Bertz CT molecular complexity index is 1750. The molecular formula is C40H46N6Zn. The number of nitrogens with zero attached hydrogens (tertiary/aromatic N) is 4. The van der Waals surface area contributed by atoms with Gasteiger partial charge in [-0.1, -0.05) is 71.1 Å². The van der Waals surface area contributed by atoms with Gasteiger partial charge in [-0.25, -0.2) is 15.0 Å². The Kier molecular flexibility index (Phi) is 11.8. The number of aromatic amines is 1. The fraction of sp³-hybridized carbons (Fsp3) is 0.375. The number of allylic oxidation sites excluding steroid dienone is 10. The van der Waals surface area contributed by atoms with E-state index in [1.807, 2.05) is 18.5 Å². The van der Waals surface area contributed by atoms with Crippen molar-refractivity contribution in [2.24, 2.45) is 15.0 Å². The first-order valence-corrected chi connectivity index (χ1v) is 17.2. The minimum atomic E-state index is 0. The van der Waals surface area contributed by atoms with Crippen LogP contribution in [-0.4, -0.2) is 34.1 Å². The van der Waals surface area contributed by atoms with Crippen LogP contribution in [0, 0.1) is 12.3 Å². The first kappa shape index (κ1) is 34.3. The van der Waals surface area contributed by atoms with Crippen LogP contribution in [-0.2, 0) is 19.5 Å². The summed E-state index contributed by atoms with van der Waals surface area (Å²) in [7, 11) is 2.07. The van der Waals surface area contributed by atoms with Crippen molar-refractivity contribution in [3.05, 3.63) is 106 Å². The predicted molar refractivity (Wildman–Crippen MR) is 194 cm³/mol. The molecule has 5 aliphatic rings. The summed E-state index contributed by atoms with van der Waals surface area (Å²) in [6, 6.07) is 4.38. The third-order valence-corrected chi connectivity index (χ3v) is 9.21. The van der Waals surface area contributed by atoms with E-state index < -0.39 is 0 Å². The van der Waals surface area contributed by atoms with Crippen molar-refractivity contribution < 1.29 is 19.5 Å². The Morgan fingerprint density at radius 1 is 0.681 bits per heavy atom. The fourth-order valence-corrected chi connectivity index (χ4v) is 6.64. The maximum absolute atomic E-state index is 6.14. The number of rotatable bonds is 12. The largest absolute Gasteiger partial charge is 0.355 e. The molecule has 6 nitrogen and oxygen atoms in total. The van der Waals surface area contributed by atoms with Crippen LogP contribution in [0.3, 0.4) is 0 Å². The second-order valence-corrected chi connectivity index (χ2v) is 12.5. The monoisotopic (exact) mass is 674 g/mol. The summed E-state index contributed by atoms with van der Waals surface area (Å²) in [6.07, 6.45) is 36.7. The minimum Gasteiger partial charge on any atom is -0.355 e. The maximum Gasteiger partial charge on any atom is 0.121 e. The zero-order chi connectivity index (χ0) is 31.9. The summed E-state index contributed by atoms with van der Waals surface area (Å²) >= 11 is 0. The van der Waals surface area contributed by atoms with Crippen LogP contribution in [0.15, 0.2) is 110 Å². The molecule has 5 aliphatic heterocycles. The molecule has 0 radical (unpaired) electrons. The van der Waals surface area contributed by atoms with Crippen molar-refractivity contribution in [1.82, 2.24) is 15.2 Å². The van der Waals surface area contributed by atoms with Crippen LogP contribution in [0.1, 0.15) is 102 Å². The summed E-state index contributed by atoms with van der Waals surface area (Å²) in [4.78, 5) is 21.5. The van der Waals surface area contributed by atoms with Crippen LogP contribution in [0.25, 0.3) is 11.1 Å². The van der Waals surface area contributed by atoms with E-state index in [0.717, 1.165) is 93.8 Å². The van der Waals surface area contributed by atoms with Gasteiger partial charge in [0.25, 0.3) is 0 Å². The Labute approximate surface area is 293 Å². The fourth-order valence-electron chi connectivity index (χ4n) is 6.64. The topological polar surface area (TPSA) is 68.1 Å². The van der Waals surface area contributed by atoms with Gasteiger partial charge in [-0.05, 0) is 74.3 Å². The van der Waals surface area contributed by atoms with Gasteiger partial charge in [0.05, 0.1) is 51.1 Å². The maximum atomic E-state index is 6.14. The van der Waals surface area contributed by atoms with Gasteiger partial charge < -0.3 is 15.2 Å². The normalized spacial score (nSPS) is 19.4. The van der Waals surface area contributed by atoms with Crippen molar-refractivity contribution in [3.8, 4) is 12.3 Å². The molecule has 0 saturated carbocycles. The van der Waals surface area contributed by atoms with Gasteiger partial charge in [-0.3, -0.25) is 0 Å². The molecule has 47 heavy (non-hydrogen) atoms. The quantitative estimate of drug-likeness (QED) is 0.132. The van der Waals surface area contributed by atoms with Gasteiger partial charge >= 0.3 is 0 Å². The first-order chi connectivity index (χ1) is 22.6. The molecule has 0 amide bonds. The molecular weight excluding hydrogens is 630 g/mol. The van der Waals surface area contributed by atoms with Crippen molar-refractivity contribution in [1.29, 1.82) is 0 Å². The second-order valence-electron chi connectivity index (χ2n) is 12.5. The summed E-state index contributed by atoms with van der Waals surface area (Å²) in [5, 5.41) is 3.47. The molecule has 6 heterocycles. The number of terminal acetylenes is 1. The first-order valence-electron chi connectivity index (χ1n) is 17.2. The number of fused-ring (bicyclic) bond motifs is 5. The van der Waals surface area contributed by atoms with E-state index in [9.17, 15) is 0 Å². The van der Waals surface area contributed by atoms with E-state index in [-0.39, 0.29) is 19.5 Å². The third-order valence-electron chi connectivity index (χ3n) is 9.21. The van der Waals surface area contributed by atoms with Gasteiger partial charge in [0, 0.05) is 55.8 Å². The van der Waals surface area contributed by atoms with Crippen molar-refractivity contribution in [2.75, 3.05) is 7.05 Å². The number of unbranched alkanes of at least 4 members (excludes halogenated alkanes) is 8. The molecule has 2 N–H and O–H groups in total. The predicted octanol–water partition coefficient (Wildman–Crippen LogP) is 9.31. The number of nitrogens with one attached hydrogen (secondary N) is 2. The second kappa shape index (κ2) is 16.2. The summed E-state index contributed by atoms with van der Waals surface area (Å²) < 4.78 is 0. The average molecular weight is 676 g/mol.